The number of aryl methyl sites for hydroxylation is 2. The molecular formula is C14H17N3O2S. The first kappa shape index (κ1) is 14.5. The zero-order valence-electron chi connectivity index (χ0n) is 11.5. The van der Waals surface area contributed by atoms with Crippen LogP contribution in [0.4, 0.5) is 5.13 Å². The molecule has 106 valence electrons. The molecule has 0 unspecified atom stereocenters. The molecule has 0 atom stereocenters. The fourth-order valence-electron chi connectivity index (χ4n) is 1.66. The standard InChI is InChI=1S/C14H17N3O2S/c1-10-6-3-4-7-12(10)19-9-5-8-13(18)16-14-15-11(2)17-20-14/h3-4,6-7H,5,8-9H2,1-2H3,(H,15,16,17,18). The third-order valence-electron chi connectivity index (χ3n) is 2.67. The fourth-order valence-corrected chi connectivity index (χ4v) is 2.25. The van der Waals surface area contributed by atoms with Crippen LogP contribution in [0.2, 0.25) is 0 Å². The lowest BCUT2D eigenvalue weighted by atomic mass is 10.2. The molecule has 1 heterocycles. The van der Waals surface area contributed by atoms with E-state index in [2.05, 4.69) is 14.7 Å². The molecule has 0 aliphatic heterocycles. The molecule has 0 radical (unpaired) electrons. The number of amides is 1. The predicted molar refractivity (Wildman–Crippen MR) is 79.2 cm³/mol. The minimum absolute atomic E-state index is 0.0606. The van der Waals surface area contributed by atoms with Crippen LogP contribution in [0.25, 0.3) is 0 Å². The SMILES string of the molecule is Cc1nsc(NC(=O)CCCOc2ccccc2C)n1. The molecule has 1 aromatic carbocycles. The third-order valence-corrected chi connectivity index (χ3v) is 3.40. The fraction of sp³-hybridized carbons (Fsp3) is 0.357. The molecule has 1 aromatic heterocycles. The maximum absolute atomic E-state index is 11.7. The number of carbonyl (C=O) groups is 1. The summed E-state index contributed by atoms with van der Waals surface area (Å²) >= 11 is 1.19. The topological polar surface area (TPSA) is 64.1 Å². The zero-order chi connectivity index (χ0) is 14.4. The number of ether oxygens (including phenoxy) is 1. The van der Waals surface area contributed by atoms with E-state index >= 15 is 0 Å². The minimum atomic E-state index is -0.0606. The first-order chi connectivity index (χ1) is 9.65. The van der Waals surface area contributed by atoms with Crippen LogP contribution < -0.4 is 10.1 Å². The van der Waals surface area contributed by atoms with Gasteiger partial charge in [-0.3, -0.25) is 4.79 Å². The van der Waals surface area contributed by atoms with Crippen LogP contribution >= 0.6 is 11.5 Å². The number of para-hydroxylation sites is 1. The molecule has 2 aromatic rings. The molecule has 6 heteroatoms. The number of nitrogens with zero attached hydrogens (tertiary/aromatic N) is 2. The second-order valence-corrected chi connectivity index (χ2v) is 5.16. The summed E-state index contributed by atoms with van der Waals surface area (Å²) in [5, 5.41) is 3.27. The largest absolute Gasteiger partial charge is 0.493 e. The van der Waals surface area contributed by atoms with Crippen LogP contribution in [0.5, 0.6) is 5.75 Å². The Morgan fingerprint density at radius 1 is 1.35 bits per heavy atom. The summed E-state index contributed by atoms with van der Waals surface area (Å²) in [4.78, 5) is 15.8. The average molecular weight is 291 g/mol. The van der Waals surface area contributed by atoms with Crippen LogP contribution in [-0.4, -0.2) is 21.9 Å². The Morgan fingerprint density at radius 2 is 2.15 bits per heavy atom. The molecular weight excluding hydrogens is 274 g/mol. The Labute approximate surface area is 122 Å². The second-order valence-electron chi connectivity index (χ2n) is 4.41. The van der Waals surface area contributed by atoms with E-state index in [1.165, 1.54) is 11.5 Å². The third kappa shape index (κ3) is 4.31. The lowest BCUT2D eigenvalue weighted by molar-refractivity contribution is -0.116. The lowest BCUT2D eigenvalue weighted by Crippen LogP contribution is -2.12. The number of hydrogen-bond donors (Lipinski definition) is 1. The maximum Gasteiger partial charge on any atom is 0.226 e. The summed E-state index contributed by atoms with van der Waals surface area (Å²) in [6.07, 6.45) is 1.07. The van der Waals surface area contributed by atoms with Gasteiger partial charge in [0.1, 0.15) is 11.6 Å². The minimum Gasteiger partial charge on any atom is -0.493 e. The van der Waals surface area contributed by atoms with E-state index in [0.717, 1.165) is 11.3 Å². The van der Waals surface area contributed by atoms with Crippen LogP contribution in [0.3, 0.4) is 0 Å². The molecule has 20 heavy (non-hydrogen) atoms. The van der Waals surface area contributed by atoms with Crippen molar-refractivity contribution in [3.05, 3.63) is 35.7 Å². The zero-order valence-corrected chi connectivity index (χ0v) is 12.4. The van der Waals surface area contributed by atoms with Gasteiger partial charge in [0.05, 0.1) is 6.61 Å². The number of nitrogens with one attached hydrogen (secondary N) is 1. The van der Waals surface area contributed by atoms with Gasteiger partial charge in [-0.1, -0.05) is 18.2 Å². The highest BCUT2D eigenvalue weighted by Crippen LogP contribution is 2.16. The summed E-state index contributed by atoms with van der Waals surface area (Å²) in [5.74, 6) is 1.48. The van der Waals surface area contributed by atoms with Crippen molar-refractivity contribution < 1.29 is 9.53 Å². The number of benzene rings is 1. The van der Waals surface area contributed by atoms with E-state index in [1.54, 1.807) is 6.92 Å². The van der Waals surface area contributed by atoms with Gasteiger partial charge in [-0.2, -0.15) is 4.37 Å². The smallest absolute Gasteiger partial charge is 0.226 e. The van der Waals surface area contributed by atoms with E-state index in [4.69, 9.17) is 4.74 Å². The number of hydrogen-bond acceptors (Lipinski definition) is 5. The molecule has 0 bridgehead atoms. The Hall–Kier alpha value is -1.95. The molecule has 2 rings (SSSR count). The second kappa shape index (κ2) is 7.00. The normalized spacial score (nSPS) is 10.3. The summed E-state index contributed by atoms with van der Waals surface area (Å²) in [5.41, 5.74) is 1.10. The van der Waals surface area contributed by atoms with Gasteiger partial charge in [-0.05, 0) is 31.9 Å². The van der Waals surface area contributed by atoms with Crippen LogP contribution in [0, 0.1) is 13.8 Å². The van der Waals surface area contributed by atoms with Gasteiger partial charge in [0, 0.05) is 18.0 Å². The summed E-state index contributed by atoms with van der Waals surface area (Å²) in [6.45, 7) is 4.31. The molecule has 1 amide bonds. The van der Waals surface area contributed by atoms with Crippen molar-refractivity contribution in [2.75, 3.05) is 11.9 Å². The van der Waals surface area contributed by atoms with Gasteiger partial charge in [0.2, 0.25) is 11.0 Å². The van der Waals surface area contributed by atoms with E-state index in [-0.39, 0.29) is 5.91 Å². The van der Waals surface area contributed by atoms with Crippen molar-refractivity contribution in [3.63, 3.8) is 0 Å². The van der Waals surface area contributed by atoms with Crippen LogP contribution in [0.15, 0.2) is 24.3 Å². The molecule has 0 saturated heterocycles. The summed E-state index contributed by atoms with van der Waals surface area (Å²) < 4.78 is 9.64. The van der Waals surface area contributed by atoms with Gasteiger partial charge in [0.15, 0.2) is 0 Å². The summed E-state index contributed by atoms with van der Waals surface area (Å²) in [6, 6.07) is 7.84. The number of carbonyl (C=O) groups excluding carboxylic acids is 1. The number of anilines is 1. The first-order valence-electron chi connectivity index (χ1n) is 6.44. The lowest BCUT2D eigenvalue weighted by Gasteiger charge is -2.08. The van der Waals surface area contributed by atoms with Crippen molar-refractivity contribution in [2.24, 2.45) is 0 Å². The number of aromatic nitrogens is 2. The Kier molecular flexibility index (Phi) is 5.06. The monoisotopic (exact) mass is 291 g/mol. The van der Waals surface area contributed by atoms with E-state index in [9.17, 15) is 4.79 Å². The van der Waals surface area contributed by atoms with E-state index in [1.807, 2.05) is 31.2 Å². The average Bonchev–Trinajstić information content (AvgIpc) is 2.82. The Balaban J connectivity index is 1.68. The van der Waals surface area contributed by atoms with Gasteiger partial charge in [-0.25, -0.2) is 4.98 Å². The molecule has 0 fully saturated rings. The predicted octanol–water partition coefficient (Wildman–Crippen LogP) is 2.95. The summed E-state index contributed by atoms with van der Waals surface area (Å²) in [7, 11) is 0. The van der Waals surface area contributed by atoms with Gasteiger partial charge < -0.3 is 10.1 Å². The number of rotatable bonds is 6. The highest BCUT2D eigenvalue weighted by atomic mass is 32.1. The van der Waals surface area contributed by atoms with Gasteiger partial charge in [-0.15, -0.1) is 0 Å². The van der Waals surface area contributed by atoms with E-state index in [0.29, 0.717) is 30.4 Å². The first-order valence-corrected chi connectivity index (χ1v) is 7.21. The molecule has 0 saturated carbocycles. The van der Waals surface area contributed by atoms with Crippen molar-refractivity contribution in [1.29, 1.82) is 0 Å². The van der Waals surface area contributed by atoms with Gasteiger partial charge >= 0.3 is 0 Å². The Bertz CT molecular complexity index is 583. The molecule has 0 spiro atoms. The quantitative estimate of drug-likeness (QED) is 0.831. The highest BCUT2D eigenvalue weighted by Gasteiger charge is 2.06. The van der Waals surface area contributed by atoms with Crippen molar-refractivity contribution in [1.82, 2.24) is 9.36 Å². The van der Waals surface area contributed by atoms with Crippen molar-refractivity contribution in [3.8, 4) is 5.75 Å². The van der Waals surface area contributed by atoms with Crippen LogP contribution in [-0.2, 0) is 4.79 Å². The molecule has 0 aliphatic carbocycles. The van der Waals surface area contributed by atoms with Crippen molar-refractivity contribution in [2.45, 2.75) is 26.7 Å². The molecule has 0 aliphatic rings. The van der Waals surface area contributed by atoms with Gasteiger partial charge in [0.25, 0.3) is 0 Å². The Morgan fingerprint density at radius 3 is 2.85 bits per heavy atom. The maximum atomic E-state index is 11.7. The van der Waals surface area contributed by atoms with E-state index < -0.39 is 0 Å². The highest BCUT2D eigenvalue weighted by molar-refractivity contribution is 7.09. The van der Waals surface area contributed by atoms with Crippen molar-refractivity contribution >= 4 is 22.6 Å². The van der Waals surface area contributed by atoms with Crippen LogP contribution in [0.1, 0.15) is 24.2 Å². The molecule has 1 N–H and O–H groups in total. The molecule has 5 nitrogen and oxygen atoms in total.